The molecule has 2 aromatic rings. The van der Waals surface area contributed by atoms with Gasteiger partial charge in [-0.1, -0.05) is 6.07 Å². The molecular weight excluding hydrogens is 366 g/mol. The van der Waals surface area contributed by atoms with Gasteiger partial charge >= 0.3 is 0 Å². The van der Waals surface area contributed by atoms with E-state index in [-0.39, 0.29) is 17.4 Å². The zero-order valence-electron chi connectivity index (χ0n) is 15.8. The number of hydrogen-bond donors (Lipinski definition) is 1. The van der Waals surface area contributed by atoms with Crippen molar-refractivity contribution in [1.82, 2.24) is 25.0 Å². The number of aromatic nitrogens is 3. The molecule has 1 amide bonds. The lowest BCUT2D eigenvalue weighted by molar-refractivity contribution is -0.134. The fourth-order valence-corrected chi connectivity index (χ4v) is 5.37. The molecule has 1 aliphatic heterocycles. The van der Waals surface area contributed by atoms with Crippen LogP contribution in [0.4, 0.5) is 0 Å². The SMILES string of the molecule is Cc1cccnc1CN[C@@H]1CS(=O)(=O)C[C@H]1C(=O)N(C)Cc1cnn(C)c1. The van der Waals surface area contributed by atoms with Crippen molar-refractivity contribution in [2.45, 2.75) is 26.1 Å². The summed E-state index contributed by atoms with van der Waals surface area (Å²) in [7, 11) is 0.255. The first-order valence-corrected chi connectivity index (χ1v) is 10.6. The highest BCUT2D eigenvalue weighted by Gasteiger charge is 2.42. The molecule has 3 rings (SSSR count). The Morgan fingerprint density at radius 1 is 1.41 bits per heavy atom. The quantitative estimate of drug-likeness (QED) is 0.760. The molecule has 0 aromatic carbocycles. The third kappa shape index (κ3) is 4.72. The summed E-state index contributed by atoms with van der Waals surface area (Å²) < 4.78 is 26.0. The number of carbonyl (C=O) groups is 1. The zero-order valence-corrected chi connectivity index (χ0v) is 16.6. The highest BCUT2D eigenvalue weighted by Crippen LogP contribution is 2.22. The number of nitrogens with zero attached hydrogens (tertiary/aromatic N) is 4. The summed E-state index contributed by atoms with van der Waals surface area (Å²) in [6, 6.07) is 3.40. The van der Waals surface area contributed by atoms with Crippen molar-refractivity contribution < 1.29 is 13.2 Å². The normalized spacial score (nSPS) is 21.3. The Morgan fingerprint density at radius 3 is 2.85 bits per heavy atom. The maximum atomic E-state index is 12.9. The van der Waals surface area contributed by atoms with Gasteiger partial charge in [-0.15, -0.1) is 0 Å². The molecule has 0 aliphatic carbocycles. The van der Waals surface area contributed by atoms with Crippen LogP contribution in [0.5, 0.6) is 0 Å². The van der Waals surface area contributed by atoms with E-state index in [0.29, 0.717) is 13.1 Å². The molecule has 2 atom stereocenters. The molecule has 1 N–H and O–H groups in total. The second kappa shape index (κ2) is 7.77. The summed E-state index contributed by atoms with van der Waals surface area (Å²) in [6.07, 6.45) is 5.25. The zero-order chi connectivity index (χ0) is 19.6. The van der Waals surface area contributed by atoms with Crippen LogP contribution in [0, 0.1) is 12.8 Å². The fourth-order valence-electron chi connectivity index (χ4n) is 3.41. The van der Waals surface area contributed by atoms with E-state index in [1.807, 2.05) is 32.3 Å². The predicted octanol–water partition coefficient (Wildman–Crippen LogP) is 0.285. The van der Waals surface area contributed by atoms with Crippen molar-refractivity contribution in [2.75, 3.05) is 18.6 Å². The fraction of sp³-hybridized carbons (Fsp3) is 0.500. The summed E-state index contributed by atoms with van der Waals surface area (Å²) >= 11 is 0. The lowest BCUT2D eigenvalue weighted by Gasteiger charge is -2.24. The van der Waals surface area contributed by atoms with E-state index >= 15 is 0 Å². The Hall–Kier alpha value is -2.26. The van der Waals surface area contributed by atoms with E-state index < -0.39 is 21.8 Å². The largest absolute Gasteiger partial charge is 0.341 e. The van der Waals surface area contributed by atoms with Gasteiger partial charge in [0.1, 0.15) is 0 Å². The Bertz CT molecular complexity index is 925. The smallest absolute Gasteiger partial charge is 0.228 e. The number of hydrogen-bond acceptors (Lipinski definition) is 6. The van der Waals surface area contributed by atoms with Gasteiger partial charge in [-0.2, -0.15) is 5.10 Å². The second-order valence-corrected chi connectivity index (χ2v) is 9.31. The van der Waals surface area contributed by atoms with E-state index in [1.165, 1.54) is 0 Å². The maximum absolute atomic E-state index is 12.9. The minimum absolute atomic E-state index is 0.0317. The molecule has 1 aliphatic rings. The van der Waals surface area contributed by atoms with Crippen LogP contribution in [0.3, 0.4) is 0 Å². The van der Waals surface area contributed by atoms with Crippen LogP contribution < -0.4 is 5.32 Å². The third-order valence-electron chi connectivity index (χ3n) is 4.87. The number of nitrogens with one attached hydrogen (secondary N) is 1. The summed E-state index contributed by atoms with van der Waals surface area (Å²) in [5.74, 6) is -0.922. The van der Waals surface area contributed by atoms with Crippen LogP contribution >= 0.6 is 0 Å². The first-order chi connectivity index (χ1) is 12.7. The predicted molar refractivity (Wildman–Crippen MR) is 101 cm³/mol. The van der Waals surface area contributed by atoms with E-state index in [2.05, 4.69) is 15.4 Å². The highest BCUT2D eigenvalue weighted by molar-refractivity contribution is 7.91. The first kappa shape index (κ1) is 19.5. The minimum atomic E-state index is -3.25. The summed E-state index contributed by atoms with van der Waals surface area (Å²) in [6.45, 7) is 2.79. The van der Waals surface area contributed by atoms with Crippen LogP contribution in [-0.4, -0.2) is 58.6 Å². The van der Waals surface area contributed by atoms with E-state index in [9.17, 15) is 13.2 Å². The molecule has 0 saturated carbocycles. The number of amides is 1. The first-order valence-electron chi connectivity index (χ1n) is 8.82. The molecule has 1 saturated heterocycles. The summed E-state index contributed by atoms with van der Waals surface area (Å²) in [5.41, 5.74) is 2.79. The Balaban J connectivity index is 1.69. The molecular formula is C18H25N5O3S. The van der Waals surface area contributed by atoms with Gasteiger partial charge < -0.3 is 10.2 Å². The highest BCUT2D eigenvalue weighted by atomic mass is 32.2. The molecule has 0 radical (unpaired) electrons. The lowest BCUT2D eigenvalue weighted by atomic mass is 10.0. The number of pyridine rings is 1. The summed E-state index contributed by atoms with van der Waals surface area (Å²) in [5, 5.41) is 7.34. The molecule has 0 spiro atoms. The van der Waals surface area contributed by atoms with Gasteiger partial charge in [0.05, 0.1) is 29.3 Å². The van der Waals surface area contributed by atoms with Crippen LogP contribution in [0.2, 0.25) is 0 Å². The van der Waals surface area contributed by atoms with Gasteiger partial charge in [0.25, 0.3) is 0 Å². The average molecular weight is 391 g/mol. The van der Waals surface area contributed by atoms with E-state index in [4.69, 9.17) is 0 Å². The van der Waals surface area contributed by atoms with Gasteiger partial charge in [0.2, 0.25) is 5.91 Å². The third-order valence-corrected chi connectivity index (χ3v) is 6.61. The molecule has 9 heteroatoms. The molecule has 8 nitrogen and oxygen atoms in total. The van der Waals surface area contributed by atoms with E-state index in [0.717, 1.165) is 16.8 Å². The average Bonchev–Trinajstić information content (AvgIpc) is 3.15. The van der Waals surface area contributed by atoms with Gasteiger partial charge in [0, 0.05) is 51.2 Å². The van der Waals surface area contributed by atoms with Gasteiger partial charge in [-0.3, -0.25) is 14.5 Å². The number of sulfone groups is 1. The van der Waals surface area contributed by atoms with Gasteiger partial charge in [0.15, 0.2) is 9.84 Å². The number of aryl methyl sites for hydroxylation is 2. The Morgan fingerprint density at radius 2 is 2.19 bits per heavy atom. The molecule has 1 fully saturated rings. The van der Waals surface area contributed by atoms with Crippen molar-refractivity contribution in [2.24, 2.45) is 13.0 Å². The Labute approximate surface area is 159 Å². The van der Waals surface area contributed by atoms with Crippen LogP contribution in [-0.2, 0) is 34.8 Å². The van der Waals surface area contributed by atoms with Crippen LogP contribution in [0.25, 0.3) is 0 Å². The van der Waals surface area contributed by atoms with Crippen molar-refractivity contribution in [1.29, 1.82) is 0 Å². The van der Waals surface area contributed by atoms with Crippen molar-refractivity contribution in [3.63, 3.8) is 0 Å². The molecule has 0 bridgehead atoms. The Kier molecular flexibility index (Phi) is 5.61. The molecule has 146 valence electrons. The van der Waals surface area contributed by atoms with Gasteiger partial charge in [-0.25, -0.2) is 8.42 Å². The van der Waals surface area contributed by atoms with Crippen molar-refractivity contribution in [3.05, 3.63) is 47.5 Å². The monoisotopic (exact) mass is 391 g/mol. The van der Waals surface area contributed by atoms with Crippen LogP contribution in [0.15, 0.2) is 30.7 Å². The molecule has 3 heterocycles. The van der Waals surface area contributed by atoms with Crippen LogP contribution in [0.1, 0.15) is 16.8 Å². The van der Waals surface area contributed by atoms with E-state index in [1.54, 1.807) is 29.0 Å². The standard InChI is InChI=1S/C18H25N5O3S/c1-13-5-4-6-19-16(13)8-20-17-12-27(25,26)11-15(17)18(24)22(2)9-14-7-21-23(3)10-14/h4-7,10,15,17,20H,8-9,11-12H2,1-3H3/t15-,17-/m1/s1. The molecule has 0 unspecified atom stereocenters. The lowest BCUT2D eigenvalue weighted by Crippen LogP contribution is -2.44. The van der Waals surface area contributed by atoms with Crippen molar-refractivity contribution >= 4 is 15.7 Å². The second-order valence-electron chi connectivity index (χ2n) is 7.15. The number of carbonyl (C=O) groups excluding carboxylic acids is 1. The topological polar surface area (TPSA) is 97.2 Å². The van der Waals surface area contributed by atoms with Gasteiger partial charge in [-0.05, 0) is 18.6 Å². The maximum Gasteiger partial charge on any atom is 0.228 e. The number of rotatable bonds is 6. The minimum Gasteiger partial charge on any atom is -0.341 e. The molecule has 27 heavy (non-hydrogen) atoms. The summed E-state index contributed by atoms with van der Waals surface area (Å²) in [4.78, 5) is 18.8. The molecule has 2 aromatic heterocycles. The van der Waals surface area contributed by atoms with Crippen molar-refractivity contribution in [3.8, 4) is 0 Å².